The van der Waals surface area contributed by atoms with E-state index in [2.05, 4.69) is 13.8 Å². The van der Waals surface area contributed by atoms with Crippen LogP contribution in [0.2, 0.25) is 0 Å². The number of carbonyl (C=O) groups is 1. The first-order chi connectivity index (χ1) is 11.2. The van der Waals surface area contributed by atoms with Gasteiger partial charge in [0.15, 0.2) is 0 Å². The van der Waals surface area contributed by atoms with Gasteiger partial charge in [-0.2, -0.15) is 0 Å². The molecule has 0 saturated carbocycles. The molecule has 2 aliphatic heterocycles. The maximum Gasteiger partial charge on any atom is 0.275 e. The Morgan fingerprint density at radius 2 is 1.75 bits per heavy atom. The quantitative estimate of drug-likeness (QED) is 0.766. The lowest BCUT2D eigenvalue weighted by Gasteiger charge is -2.46. The fourth-order valence-corrected chi connectivity index (χ4v) is 3.86. The molecule has 2 fully saturated rings. The molecule has 0 aromatic heterocycles. The van der Waals surface area contributed by atoms with Gasteiger partial charge >= 0.3 is 0 Å². The third-order valence-electron chi connectivity index (χ3n) is 5.36. The third-order valence-corrected chi connectivity index (χ3v) is 5.36. The Labute approximate surface area is 145 Å². The molecule has 2 saturated heterocycles. The molecule has 0 spiro atoms. The normalized spacial score (nSPS) is 27.5. The van der Waals surface area contributed by atoms with Crippen molar-refractivity contribution in [2.45, 2.75) is 52.5 Å². The number of halogens is 2. The predicted octanol–water partition coefficient (Wildman–Crippen LogP) is 2.54. The van der Waals surface area contributed by atoms with Gasteiger partial charge in [-0.05, 0) is 18.8 Å². The Morgan fingerprint density at radius 1 is 1.12 bits per heavy atom. The standard InChI is InChI=1S/C18H33F2N3O/c1-5-15(4)17(24)23-10-8-22(9-11-23)16-6-7-21(12-14(2)3)13-18(16,19)20/h14-16H,5-13H2,1-4H3. The molecule has 1 amide bonds. The Balaban J connectivity index is 1.89. The second-order valence-electron chi connectivity index (χ2n) is 7.87. The molecule has 0 aromatic carbocycles. The highest BCUT2D eigenvalue weighted by Gasteiger charge is 2.47. The number of piperazine rings is 1. The molecule has 2 unspecified atom stereocenters. The van der Waals surface area contributed by atoms with E-state index >= 15 is 0 Å². The number of likely N-dealkylation sites (tertiary alicyclic amines) is 1. The van der Waals surface area contributed by atoms with Crippen molar-refractivity contribution in [2.24, 2.45) is 11.8 Å². The highest BCUT2D eigenvalue weighted by atomic mass is 19.3. The van der Waals surface area contributed by atoms with Gasteiger partial charge in [-0.1, -0.05) is 27.7 Å². The van der Waals surface area contributed by atoms with E-state index < -0.39 is 12.0 Å². The van der Waals surface area contributed by atoms with E-state index in [9.17, 15) is 13.6 Å². The average molecular weight is 345 g/mol. The van der Waals surface area contributed by atoms with Crippen LogP contribution in [-0.4, -0.2) is 78.4 Å². The minimum atomic E-state index is -2.67. The Bertz CT molecular complexity index is 422. The van der Waals surface area contributed by atoms with Crippen LogP contribution in [0.4, 0.5) is 8.78 Å². The fourth-order valence-electron chi connectivity index (χ4n) is 3.86. The van der Waals surface area contributed by atoms with Gasteiger partial charge in [-0.15, -0.1) is 0 Å². The number of nitrogens with zero attached hydrogens (tertiary/aromatic N) is 3. The van der Waals surface area contributed by atoms with Crippen molar-refractivity contribution in [3.8, 4) is 0 Å². The van der Waals surface area contributed by atoms with Gasteiger partial charge in [0.1, 0.15) is 0 Å². The molecule has 0 radical (unpaired) electrons. The van der Waals surface area contributed by atoms with Gasteiger partial charge < -0.3 is 4.90 Å². The number of piperidine rings is 1. The SMILES string of the molecule is CCC(C)C(=O)N1CCN(C2CCN(CC(C)C)CC2(F)F)CC1. The third kappa shape index (κ3) is 4.66. The highest BCUT2D eigenvalue weighted by molar-refractivity contribution is 5.78. The monoisotopic (exact) mass is 345 g/mol. The van der Waals surface area contributed by atoms with Gasteiger partial charge in [-0.25, -0.2) is 8.78 Å². The number of hydrogen-bond donors (Lipinski definition) is 0. The number of alkyl halides is 2. The van der Waals surface area contributed by atoms with Crippen LogP contribution in [0.3, 0.4) is 0 Å². The van der Waals surface area contributed by atoms with Gasteiger partial charge in [0.05, 0.1) is 12.6 Å². The van der Waals surface area contributed by atoms with Crippen LogP contribution in [0.5, 0.6) is 0 Å². The minimum absolute atomic E-state index is 0.0252. The maximum absolute atomic E-state index is 14.6. The summed E-state index contributed by atoms with van der Waals surface area (Å²) in [5, 5.41) is 0. The zero-order valence-corrected chi connectivity index (χ0v) is 15.6. The lowest BCUT2D eigenvalue weighted by atomic mass is 9.97. The summed E-state index contributed by atoms with van der Waals surface area (Å²) in [6.45, 7) is 11.7. The first-order valence-electron chi connectivity index (χ1n) is 9.37. The van der Waals surface area contributed by atoms with E-state index in [0.717, 1.165) is 19.5 Å². The van der Waals surface area contributed by atoms with Crippen LogP contribution < -0.4 is 0 Å². The number of amides is 1. The second-order valence-corrected chi connectivity index (χ2v) is 7.87. The topological polar surface area (TPSA) is 26.8 Å². The number of rotatable bonds is 5. The van der Waals surface area contributed by atoms with Gasteiger partial charge in [0, 0.05) is 45.2 Å². The molecule has 2 aliphatic rings. The van der Waals surface area contributed by atoms with Gasteiger partial charge in [0.2, 0.25) is 5.91 Å². The Kier molecular flexibility index (Phi) is 6.59. The lowest BCUT2D eigenvalue weighted by Crippen LogP contribution is -2.62. The molecule has 0 aromatic rings. The number of carbonyl (C=O) groups excluding carboxylic acids is 1. The zero-order chi connectivity index (χ0) is 17.9. The molecule has 4 nitrogen and oxygen atoms in total. The minimum Gasteiger partial charge on any atom is -0.340 e. The summed E-state index contributed by atoms with van der Waals surface area (Å²) < 4.78 is 29.3. The predicted molar refractivity (Wildman–Crippen MR) is 92.2 cm³/mol. The van der Waals surface area contributed by atoms with Crippen LogP contribution >= 0.6 is 0 Å². The maximum atomic E-state index is 14.6. The first-order valence-corrected chi connectivity index (χ1v) is 9.37. The summed E-state index contributed by atoms with van der Waals surface area (Å²) in [5.74, 6) is -2.07. The smallest absolute Gasteiger partial charge is 0.275 e. The summed E-state index contributed by atoms with van der Waals surface area (Å²) in [4.78, 5) is 17.9. The van der Waals surface area contributed by atoms with E-state index in [1.54, 1.807) is 0 Å². The van der Waals surface area contributed by atoms with E-state index in [4.69, 9.17) is 0 Å². The fraction of sp³-hybridized carbons (Fsp3) is 0.944. The molecule has 2 atom stereocenters. The Hall–Kier alpha value is -0.750. The van der Waals surface area contributed by atoms with Crippen molar-refractivity contribution >= 4 is 5.91 Å². The van der Waals surface area contributed by atoms with Crippen molar-refractivity contribution < 1.29 is 13.6 Å². The van der Waals surface area contributed by atoms with Crippen LogP contribution in [0.1, 0.15) is 40.5 Å². The van der Waals surface area contributed by atoms with E-state index in [1.165, 1.54) is 0 Å². The number of hydrogen-bond acceptors (Lipinski definition) is 3. The largest absolute Gasteiger partial charge is 0.340 e. The van der Waals surface area contributed by atoms with E-state index in [-0.39, 0.29) is 18.4 Å². The molecule has 0 bridgehead atoms. The molecular formula is C18H33F2N3O. The second kappa shape index (κ2) is 8.09. The Morgan fingerprint density at radius 3 is 2.25 bits per heavy atom. The van der Waals surface area contributed by atoms with Crippen molar-refractivity contribution in [3.05, 3.63) is 0 Å². The summed E-state index contributed by atoms with van der Waals surface area (Å²) in [6.07, 6.45) is 1.34. The first kappa shape index (κ1) is 19.6. The summed E-state index contributed by atoms with van der Waals surface area (Å²) in [6, 6.07) is -0.679. The zero-order valence-electron chi connectivity index (χ0n) is 15.6. The summed E-state index contributed by atoms with van der Waals surface area (Å²) in [7, 11) is 0. The van der Waals surface area contributed by atoms with Gasteiger partial charge in [0.25, 0.3) is 5.92 Å². The van der Waals surface area contributed by atoms with E-state index in [0.29, 0.717) is 38.5 Å². The van der Waals surface area contributed by atoms with Crippen LogP contribution in [-0.2, 0) is 4.79 Å². The van der Waals surface area contributed by atoms with Crippen molar-refractivity contribution in [1.82, 2.24) is 14.7 Å². The molecule has 2 heterocycles. The highest BCUT2D eigenvalue weighted by Crippen LogP contribution is 2.32. The molecule has 6 heteroatoms. The molecule has 0 aliphatic carbocycles. The van der Waals surface area contributed by atoms with Crippen LogP contribution in [0, 0.1) is 11.8 Å². The van der Waals surface area contributed by atoms with Crippen LogP contribution in [0.25, 0.3) is 0 Å². The molecule has 0 N–H and O–H groups in total. The van der Waals surface area contributed by atoms with Crippen LogP contribution in [0.15, 0.2) is 0 Å². The molecular weight excluding hydrogens is 312 g/mol. The molecule has 24 heavy (non-hydrogen) atoms. The lowest BCUT2D eigenvalue weighted by molar-refractivity contribution is -0.146. The summed E-state index contributed by atoms with van der Waals surface area (Å²) in [5.41, 5.74) is 0. The molecule has 2 rings (SSSR count). The summed E-state index contributed by atoms with van der Waals surface area (Å²) >= 11 is 0. The van der Waals surface area contributed by atoms with E-state index in [1.807, 2.05) is 28.5 Å². The van der Waals surface area contributed by atoms with Gasteiger partial charge in [-0.3, -0.25) is 14.6 Å². The van der Waals surface area contributed by atoms with Crippen molar-refractivity contribution in [2.75, 3.05) is 45.8 Å². The van der Waals surface area contributed by atoms with Crippen molar-refractivity contribution in [3.63, 3.8) is 0 Å². The average Bonchev–Trinajstić information content (AvgIpc) is 2.52. The van der Waals surface area contributed by atoms with Crippen molar-refractivity contribution in [1.29, 1.82) is 0 Å². The molecule has 140 valence electrons.